The van der Waals surface area contributed by atoms with E-state index < -0.39 is 41.5 Å². The molecule has 0 aliphatic carbocycles. The third kappa shape index (κ3) is 3.33. The van der Waals surface area contributed by atoms with Crippen LogP contribution >= 0.6 is 0 Å². The van der Waals surface area contributed by atoms with Gasteiger partial charge >= 0.3 is 12.2 Å². The van der Waals surface area contributed by atoms with Crippen molar-refractivity contribution < 1.29 is 32.3 Å². The summed E-state index contributed by atoms with van der Waals surface area (Å²) >= 11 is 0. The molecule has 0 saturated carbocycles. The third-order valence-electron chi connectivity index (χ3n) is 4.67. The summed E-state index contributed by atoms with van der Waals surface area (Å²) in [6, 6.07) is 7.35. The van der Waals surface area contributed by atoms with Gasteiger partial charge in [0.15, 0.2) is 5.78 Å². The number of Topliss-reactive ketones (excluding diaryl/α,β-unsaturated/α-hetero) is 1. The van der Waals surface area contributed by atoms with E-state index in [4.69, 9.17) is 0 Å². The van der Waals surface area contributed by atoms with Gasteiger partial charge in [0.05, 0.1) is 6.04 Å². The number of carbonyl (C=O) groups excluding carboxylic acids is 2. The normalized spacial score (nSPS) is 25.0. The molecule has 0 radical (unpaired) electrons. The number of urea groups is 1. The van der Waals surface area contributed by atoms with Crippen molar-refractivity contribution >= 4 is 11.8 Å². The van der Waals surface area contributed by atoms with E-state index in [1.54, 1.807) is 6.92 Å². The highest BCUT2D eigenvalue weighted by Crippen LogP contribution is 2.44. The topological polar surface area (TPSA) is 78.4 Å². The molecule has 3 N–H and O–H groups in total. The van der Waals surface area contributed by atoms with E-state index in [1.165, 1.54) is 41.7 Å². The van der Waals surface area contributed by atoms with Crippen molar-refractivity contribution in [2.24, 2.45) is 5.92 Å². The lowest BCUT2D eigenvalue weighted by atomic mass is 9.77. The number of ketones is 1. The van der Waals surface area contributed by atoms with Crippen molar-refractivity contribution in [1.82, 2.24) is 10.6 Å². The van der Waals surface area contributed by atoms with Gasteiger partial charge in [0, 0.05) is 11.1 Å². The monoisotopic (exact) mass is 396 g/mol. The van der Waals surface area contributed by atoms with Crippen LogP contribution in [0.15, 0.2) is 48.5 Å². The highest BCUT2D eigenvalue weighted by Gasteiger charge is 2.66. The predicted molar refractivity (Wildman–Crippen MR) is 90.8 cm³/mol. The van der Waals surface area contributed by atoms with E-state index in [1.807, 2.05) is 0 Å². The van der Waals surface area contributed by atoms with Crippen LogP contribution in [0.25, 0.3) is 0 Å². The summed E-state index contributed by atoms with van der Waals surface area (Å²) in [5.74, 6) is -4.27. The summed E-state index contributed by atoms with van der Waals surface area (Å²) in [5, 5.41) is 13.9. The number of aryl methyl sites for hydroxylation is 1. The fourth-order valence-electron chi connectivity index (χ4n) is 3.22. The minimum atomic E-state index is -5.39. The molecular formula is C19H16F4N2O3. The average molecular weight is 396 g/mol. The lowest BCUT2D eigenvalue weighted by Gasteiger charge is -2.45. The van der Waals surface area contributed by atoms with Gasteiger partial charge in [-0.15, -0.1) is 0 Å². The number of hydrogen-bond donors (Lipinski definition) is 3. The fourth-order valence-corrected chi connectivity index (χ4v) is 3.22. The van der Waals surface area contributed by atoms with Crippen molar-refractivity contribution in [3.05, 3.63) is 71.0 Å². The van der Waals surface area contributed by atoms with Crippen LogP contribution in [-0.2, 0) is 0 Å². The quantitative estimate of drug-likeness (QED) is 0.551. The Labute approximate surface area is 157 Å². The van der Waals surface area contributed by atoms with E-state index in [0.717, 1.165) is 17.7 Å². The van der Waals surface area contributed by atoms with Gasteiger partial charge in [-0.25, -0.2) is 9.18 Å². The van der Waals surface area contributed by atoms with E-state index in [0.29, 0.717) is 0 Å². The van der Waals surface area contributed by atoms with Crippen LogP contribution in [0.1, 0.15) is 27.5 Å². The van der Waals surface area contributed by atoms with E-state index in [-0.39, 0.29) is 11.1 Å². The number of carbonyl (C=O) groups is 2. The molecule has 3 atom stereocenters. The van der Waals surface area contributed by atoms with Gasteiger partial charge in [-0.1, -0.05) is 48.0 Å². The first-order chi connectivity index (χ1) is 13.0. The molecule has 0 spiro atoms. The molecule has 2 aromatic rings. The molecule has 28 heavy (non-hydrogen) atoms. The molecule has 1 saturated heterocycles. The van der Waals surface area contributed by atoms with Gasteiger partial charge < -0.3 is 15.7 Å². The third-order valence-corrected chi connectivity index (χ3v) is 4.67. The second-order valence-corrected chi connectivity index (χ2v) is 6.57. The van der Waals surface area contributed by atoms with Gasteiger partial charge in [0.1, 0.15) is 11.7 Å². The molecule has 0 bridgehead atoms. The van der Waals surface area contributed by atoms with E-state index >= 15 is 0 Å². The molecule has 1 fully saturated rings. The summed E-state index contributed by atoms with van der Waals surface area (Å²) in [6.45, 7) is 1.73. The van der Waals surface area contributed by atoms with Crippen molar-refractivity contribution in [3.8, 4) is 0 Å². The SMILES string of the molecule is Cc1ccc(C(=O)C2C(c3ccccc3F)NC(=O)NC2(O)C(F)(F)F)cc1. The minimum absolute atomic E-state index is 0.113. The zero-order valence-electron chi connectivity index (χ0n) is 14.5. The Hall–Kier alpha value is -2.94. The second kappa shape index (κ2) is 6.90. The Morgan fingerprint density at radius 1 is 1.11 bits per heavy atom. The standard InChI is InChI=1S/C19H16F4N2O3/c1-10-6-8-11(9-7-10)16(26)14-15(12-4-2-3-5-13(12)20)24-17(27)25-18(14,28)19(21,22)23/h2-9,14-15,28H,1H3,(H2,24,25,27). The highest BCUT2D eigenvalue weighted by atomic mass is 19.4. The summed E-state index contributed by atoms with van der Waals surface area (Å²) in [6.07, 6.45) is -5.39. The summed E-state index contributed by atoms with van der Waals surface area (Å²) in [5.41, 5.74) is -3.57. The molecule has 148 valence electrons. The van der Waals surface area contributed by atoms with E-state index in [2.05, 4.69) is 5.32 Å². The number of alkyl halides is 3. The smallest absolute Gasteiger partial charge is 0.363 e. The van der Waals surface area contributed by atoms with Crippen LogP contribution in [0.3, 0.4) is 0 Å². The molecular weight excluding hydrogens is 380 g/mol. The van der Waals surface area contributed by atoms with Gasteiger partial charge in [0.25, 0.3) is 0 Å². The number of hydrogen-bond acceptors (Lipinski definition) is 3. The zero-order valence-corrected chi connectivity index (χ0v) is 14.5. The maximum atomic E-state index is 14.3. The lowest BCUT2D eigenvalue weighted by molar-refractivity contribution is -0.287. The number of amides is 2. The highest BCUT2D eigenvalue weighted by molar-refractivity contribution is 6.00. The molecule has 5 nitrogen and oxygen atoms in total. The number of benzene rings is 2. The number of aliphatic hydroxyl groups is 1. The molecule has 3 rings (SSSR count). The van der Waals surface area contributed by atoms with Gasteiger partial charge in [-0.3, -0.25) is 4.79 Å². The average Bonchev–Trinajstić information content (AvgIpc) is 2.60. The van der Waals surface area contributed by atoms with E-state index in [9.17, 15) is 32.3 Å². The summed E-state index contributed by atoms with van der Waals surface area (Å²) in [7, 11) is 0. The van der Waals surface area contributed by atoms with Crippen LogP contribution in [0.4, 0.5) is 22.4 Å². The van der Waals surface area contributed by atoms with Crippen LogP contribution in [0, 0.1) is 18.7 Å². The number of nitrogens with one attached hydrogen (secondary N) is 2. The van der Waals surface area contributed by atoms with Gasteiger partial charge in [0.2, 0.25) is 5.72 Å². The Morgan fingerprint density at radius 3 is 2.29 bits per heavy atom. The molecule has 1 heterocycles. The van der Waals surface area contributed by atoms with Crippen molar-refractivity contribution in [2.75, 3.05) is 0 Å². The second-order valence-electron chi connectivity index (χ2n) is 6.57. The summed E-state index contributed by atoms with van der Waals surface area (Å²) in [4.78, 5) is 24.9. The molecule has 1 aliphatic heterocycles. The fraction of sp³-hybridized carbons (Fsp3) is 0.263. The molecule has 0 aromatic heterocycles. The molecule has 2 aromatic carbocycles. The van der Waals surface area contributed by atoms with Crippen molar-refractivity contribution in [3.63, 3.8) is 0 Å². The Bertz CT molecular complexity index is 914. The molecule has 2 amide bonds. The maximum Gasteiger partial charge on any atom is 0.437 e. The zero-order chi connectivity index (χ0) is 20.7. The first-order valence-electron chi connectivity index (χ1n) is 8.27. The Kier molecular flexibility index (Phi) is 4.88. The Balaban J connectivity index is 2.18. The van der Waals surface area contributed by atoms with Crippen LogP contribution in [0.5, 0.6) is 0 Å². The largest absolute Gasteiger partial charge is 0.437 e. The lowest BCUT2D eigenvalue weighted by Crippen LogP contribution is -2.72. The van der Waals surface area contributed by atoms with Crippen molar-refractivity contribution in [1.29, 1.82) is 0 Å². The van der Waals surface area contributed by atoms with Gasteiger partial charge in [-0.2, -0.15) is 13.2 Å². The summed E-state index contributed by atoms with van der Waals surface area (Å²) < 4.78 is 55.5. The molecule has 9 heteroatoms. The number of halogens is 4. The molecule has 1 aliphatic rings. The van der Waals surface area contributed by atoms with Crippen LogP contribution < -0.4 is 10.6 Å². The number of rotatable bonds is 3. The predicted octanol–water partition coefficient (Wildman–Crippen LogP) is 3.24. The van der Waals surface area contributed by atoms with Crippen LogP contribution in [0.2, 0.25) is 0 Å². The molecule has 3 unspecified atom stereocenters. The first kappa shape index (κ1) is 19.8. The van der Waals surface area contributed by atoms with Crippen molar-refractivity contribution in [2.45, 2.75) is 24.9 Å². The van der Waals surface area contributed by atoms with Crippen LogP contribution in [-0.4, -0.2) is 28.8 Å². The first-order valence-corrected chi connectivity index (χ1v) is 8.27. The maximum absolute atomic E-state index is 14.3. The van der Waals surface area contributed by atoms with Gasteiger partial charge in [-0.05, 0) is 13.0 Å². The minimum Gasteiger partial charge on any atom is -0.363 e. The Morgan fingerprint density at radius 2 is 1.71 bits per heavy atom.